The van der Waals surface area contributed by atoms with E-state index in [1.807, 2.05) is 42.5 Å². The number of nitrogen functional groups attached to an aromatic ring is 1. The molecule has 0 saturated carbocycles. The normalized spacial score (nSPS) is 13.9. The van der Waals surface area contributed by atoms with E-state index in [-0.39, 0.29) is 11.4 Å². The number of para-hydroxylation sites is 1. The minimum atomic E-state index is 0.204. The molecule has 0 unspecified atom stereocenters. The molecular formula is C23H20N6. The van der Waals surface area contributed by atoms with Crippen LogP contribution < -0.4 is 10.6 Å². The van der Waals surface area contributed by atoms with Gasteiger partial charge in [0.05, 0.1) is 11.3 Å². The fourth-order valence-electron chi connectivity index (χ4n) is 3.57. The fourth-order valence-corrected chi connectivity index (χ4v) is 3.57. The number of anilines is 2. The number of nitrogens with two attached hydrogens (primary N) is 1. The summed E-state index contributed by atoms with van der Waals surface area (Å²) in [7, 11) is 0. The van der Waals surface area contributed by atoms with E-state index in [0.29, 0.717) is 11.3 Å². The molecule has 2 heterocycles. The van der Waals surface area contributed by atoms with Crippen molar-refractivity contribution in [3.8, 4) is 17.8 Å². The predicted octanol–water partition coefficient (Wildman–Crippen LogP) is 3.99. The number of hydrogen-bond acceptors (Lipinski definition) is 5. The van der Waals surface area contributed by atoms with Crippen molar-refractivity contribution >= 4 is 23.2 Å². The largest absolute Gasteiger partial charge is 0.382 e. The average Bonchev–Trinajstić information content (AvgIpc) is 3.41. The second-order valence-electron chi connectivity index (χ2n) is 6.92. The van der Waals surface area contributed by atoms with E-state index in [9.17, 15) is 10.5 Å². The van der Waals surface area contributed by atoms with Gasteiger partial charge in [-0.2, -0.15) is 15.6 Å². The van der Waals surface area contributed by atoms with Crippen LogP contribution in [0.1, 0.15) is 29.7 Å². The summed E-state index contributed by atoms with van der Waals surface area (Å²) in [6, 6.07) is 21.7. The zero-order valence-corrected chi connectivity index (χ0v) is 15.9. The van der Waals surface area contributed by atoms with Crippen molar-refractivity contribution in [2.45, 2.75) is 12.8 Å². The number of aromatic nitrogens is 2. The van der Waals surface area contributed by atoms with Crippen LogP contribution in [0.25, 0.3) is 17.3 Å². The van der Waals surface area contributed by atoms with Gasteiger partial charge in [-0.25, -0.2) is 4.68 Å². The van der Waals surface area contributed by atoms with Crippen molar-refractivity contribution in [2.75, 3.05) is 23.7 Å². The molecule has 0 amide bonds. The van der Waals surface area contributed by atoms with E-state index < -0.39 is 0 Å². The lowest BCUT2D eigenvalue weighted by molar-refractivity contribution is 0.885. The maximum atomic E-state index is 9.73. The molecule has 29 heavy (non-hydrogen) atoms. The second kappa shape index (κ2) is 7.92. The van der Waals surface area contributed by atoms with Crippen molar-refractivity contribution in [1.82, 2.24) is 9.78 Å². The monoisotopic (exact) mass is 380 g/mol. The van der Waals surface area contributed by atoms with Gasteiger partial charge in [0.15, 0.2) is 0 Å². The Morgan fingerprint density at radius 1 is 0.966 bits per heavy atom. The highest BCUT2D eigenvalue weighted by Gasteiger charge is 2.20. The number of nitriles is 2. The van der Waals surface area contributed by atoms with Gasteiger partial charge in [0.2, 0.25) is 0 Å². The van der Waals surface area contributed by atoms with Crippen molar-refractivity contribution < 1.29 is 0 Å². The summed E-state index contributed by atoms with van der Waals surface area (Å²) < 4.78 is 1.50. The summed E-state index contributed by atoms with van der Waals surface area (Å²) in [5.74, 6) is 0.222. The third-order valence-electron chi connectivity index (χ3n) is 5.08. The highest BCUT2D eigenvalue weighted by molar-refractivity contribution is 5.91. The number of hydrogen-bond donors (Lipinski definition) is 1. The molecule has 1 aliphatic heterocycles. The Hall–Kier alpha value is -4.03. The highest BCUT2D eigenvalue weighted by Crippen LogP contribution is 2.28. The lowest BCUT2D eigenvalue weighted by Crippen LogP contribution is -2.17. The molecule has 4 rings (SSSR count). The SMILES string of the molecule is N#C/C(=C\c1ccc(N2CCCC2)cc1)c1nn(-c2ccccc2)c(N)c1C#N. The van der Waals surface area contributed by atoms with Gasteiger partial charge in [-0.1, -0.05) is 30.3 Å². The van der Waals surface area contributed by atoms with Crippen LogP contribution in [0.3, 0.4) is 0 Å². The third kappa shape index (κ3) is 3.56. The van der Waals surface area contributed by atoms with Crippen molar-refractivity contribution in [3.05, 3.63) is 71.4 Å². The first kappa shape index (κ1) is 18.3. The minimum Gasteiger partial charge on any atom is -0.382 e. The van der Waals surface area contributed by atoms with Crippen LogP contribution in [-0.2, 0) is 0 Å². The molecule has 0 bridgehead atoms. The standard InChI is InChI=1S/C23H20N6/c24-15-18(14-17-8-10-19(11-9-17)28-12-4-5-13-28)22-21(16-25)23(26)29(27-22)20-6-2-1-3-7-20/h1-3,6-11,14H,4-5,12-13,26H2/b18-14+. The Morgan fingerprint density at radius 3 is 2.28 bits per heavy atom. The van der Waals surface area contributed by atoms with Gasteiger partial charge >= 0.3 is 0 Å². The van der Waals surface area contributed by atoms with Gasteiger partial charge in [0, 0.05) is 18.8 Å². The molecule has 2 N–H and O–H groups in total. The maximum Gasteiger partial charge on any atom is 0.145 e. The quantitative estimate of drug-likeness (QED) is 0.691. The Labute approximate surface area is 169 Å². The summed E-state index contributed by atoms with van der Waals surface area (Å²) in [6.07, 6.45) is 4.19. The summed E-state index contributed by atoms with van der Waals surface area (Å²) in [5, 5.41) is 23.8. The van der Waals surface area contributed by atoms with Crippen LogP contribution in [0.2, 0.25) is 0 Å². The van der Waals surface area contributed by atoms with Gasteiger partial charge in [0.1, 0.15) is 29.2 Å². The molecule has 6 heteroatoms. The average molecular weight is 380 g/mol. The fraction of sp³-hybridized carbons (Fsp3) is 0.174. The maximum absolute atomic E-state index is 9.73. The molecule has 1 saturated heterocycles. The lowest BCUT2D eigenvalue weighted by Gasteiger charge is -2.17. The second-order valence-corrected chi connectivity index (χ2v) is 6.92. The molecule has 1 aliphatic rings. The number of rotatable bonds is 4. The summed E-state index contributed by atoms with van der Waals surface area (Å²) in [6.45, 7) is 2.17. The van der Waals surface area contributed by atoms with Crippen LogP contribution in [0.4, 0.5) is 11.5 Å². The number of nitrogens with zero attached hydrogens (tertiary/aromatic N) is 5. The van der Waals surface area contributed by atoms with Crippen LogP contribution >= 0.6 is 0 Å². The van der Waals surface area contributed by atoms with E-state index in [0.717, 1.165) is 24.3 Å². The Balaban J connectivity index is 1.71. The van der Waals surface area contributed by atoms with Crippen LogP contribution in [0, 0.1) is 22.7 Å². The van der Waals surface area contributed by atoms with Gasteiger partial charge < -0.3 is 10.6 Å². The molecule has 0 atom stereocenters. The molecule has 6 nitrogen and oxygen atoms in total. The molecule has 3 aromatic rings. The lowest BCUT2D eigenvalue weighted by atomic mass is 10.1. The first-order valence-electron chi connectivity index (χ1n) is 9.52. The summed E-state index contributed by atoms with van der Waals surface area (Å²) >= 11 is 0. The number of allylic oxidation sites excluding steroid dienone is 1. The van der Waals surface area contributed by atoms with Gasteiger partial charge in [-0.05, 0) is 48.7 Å². The topological polar surface area (TPSA) is 94.7 Å². The molecule has 142 valence electrons. The zero-order valence-electron chi connectivity index (χ0n) is 15.9. The smallest absolute Gasteiger partial charge is 0.145 e. The van der Waals surface area contributed by atoms with E-state index in [4.69, 9.17) is 5.73 Å². The van der Waals surface area contributed by atoms with Gasteiger partial charge in [-0.15, -0.1) is 0 Å². The molecule has 2 aromatic carbocycles. The van der Waals surface area contributed by atoms with E-state index in [1.54, 1.807) is 6.08 Å². The van der Waals surface area contributed by atoms with Crippen LogP contribution in [0.5, 0.6) is 0 Å². The molecular weight excluding hydrogens is 360 g/mol. The summed E-state index contributed by atoms with van der Waals surface area (Å²) in [5.41, 5.74) is 9.76. The van der Waals surface area contributed by atoms with E-state index in [1.165, 1.54) is 23.2 Å². The molecule has 0 spiro atoms. The Kier molecular flexibility index (Phi) is 5.01. The van der Waals surface area contributed by atoms with Crippen LogP contribution in [0.15, 0.2) is 54.6 Å². The first-order valence-corrected chi connectivity index (χ1v) is 9.52. The molecule has 1 aromatic heterocycles. The van der Waals surface area contributed by atoms with E-state index >= 15 is 0 Å². The third-order valence-corrected chi connectivity index (χ3v) is 5.08. The number of benzene rings is 2. The van der Waals surface area contributed by atoms with E-state index in [2.05, 4.69) is 34.3 Å². The van der Waals surface area contributed by atoms with Crippen molar-refractivity contribution in [1.29, 1.82) is 10.5 Å². The van der Waals surface area contributed by atoms with Crippen molar-refractivity contribution in [3.63, 3.8) is 0 Å². The highest BCUT2D eigenvalue weighted by atomic mass is 15.3. The van der Waals surface area contributed by atoms with Crippen LogP contribution in [-0.4, -0.2) is 22.9 Å². The van der Waals surface area contributed by atoms with Crippen molar-refractivity contribution in [2.24, 2.45) is 0 Å². The zero-order chi connectivity index (χ0) is 20.2. The molecule has 0 radical (unpaired) electrons. The minimum absolute atomic E-state index is 0.204. The van der Waals surface area contributed by atoms with Gasteiger partial charge in [-0.3, -0.25) is 0 Å². The Morgan fingerprint density at radius 2 is 1.66 bits per heavy atom. The van der Waals surface area contributed by atoms with Gasteiger partial charge in [0.25, 0.3) is 0 Å². The first-order chi connectivity index (χ1) is 14.2. The Bertz CT molecular complexity index is 1120. The summed E-state index contributed by atoms with van der Waals surface area (Å²) in [4.78, 5) is 2.36. The molecule has 1 fully saturated rings. The molecule has 0 aliphatic carbocycles. The predicted molar refractivity (Wildman–Crippen MR) is 114 cm³/mol.